The molecule has 0 radical (unpaired) electrons. The zero-order chi connectivity index (χ0) is 10.9. The SMILES string of the molecule is CC1(c2cnc(CC(=O)O)[nH]2)CCSC1. The number of aromatic nitrogens is 2. The van der Waals surface area contributed by atoms with Gasteiger partial charge in [-0.1, -0.05) is 6.92 Å². The van der Waals surface area contributed by atoms with Gasteiger partial charge in [0.1, 0.15) is 12.2 Å². The van der Waals surface area contributed by atoms with Crippen molar-refractivity contribution in [1.29, 1.82) is 0 Å². The molecule has 1 unspecified atom stereocenters. The zero-order valence-corrected chi connectivity index (χ0v) is 9.43. The molecule has 2 heterocycles. The van der Waals surface area contributed by atoms with Crippen LogP contribution < -0.4 is 0 Å². The van der Waals surface area contributed by atoms with E-state index in [0.29, 0.717) is 5.82 Å². The number of aromatic amines is 1. The minimum absolute atomic E-state index is 0.0246. The van der Waals surface area contributed by atoms with Gasteiger partial charge < -0.3 is 10.1 Å². The molecule has 2 rings (SSSR count). The molecular formula is C10H14N2O2S. The van der Waals surface area contributed by atoms with Crippen LogP contribution in [0.15, 0.2) is 6.20 Å². The van der Waals surface area contributed by atoms with E-state index in [4.69, 9.17) is 5.11 Å². The van der Waals surface area contributed by atoms with Crippen molar-refractivity contribution in [2.24, 2.45) is 0 Å². The Morgan fingerprint density at radius 1 is 1.80 bits per heavy atom. The molecule has 82 valence electrons. The Morgan fingerprint density at radius 3 is 3.20 bits per heavy atom. The lowest BCUT2D eigenvalue weighted by atomic mass is 9.87. The summed E-state index contributed by atoms with van der Waals surface area (Å²) in [5, 5.41) is 8.64. The second kappa shape index (κ2) is 3.89. The van der Waals surface area contributed by atoms with Gasteiger partial charge in [-0.05, 0) is 12.2 Å². The van der Waals surface area contributed by atoms with Crippen LogP contribution in [-0.2, 0) is 16.6 Å². The van der Waals surface area contributed by atoms with Gasteiger partial charge in [-0.25, -0.2) is 4.98 Å². The number of nitrogens with one attached hydrogen (secondary N) is 1. The molecule has 0 bridgehead atoms. The van der Waals surface area contributed by atoms with Crippen LogP contribution >= 0.6 is 11.8 Å². The first-order valence-corrected chi connectivity index (χ1v) is 6.09. The van der Waals surface area contributed by atoms with E-state index in [0.717, 1.165) is 17.9 Å². The lowest BCUT2D eigenvalue weighted by Crippen LogP contribution is -2.21. The van der Waals surface area contributed by atoms with E-state index in [1.807, 2.05) is 11.8 Å². The second-order valence-corrected chi connectivity index (χ2v) is 5.28. The van der Waals surface area contributed by atoms with Crippen molar-refractivity contribution < 1.29 is 9.90 Å². The summed E-state index contributed by atoms with van der Waals surface area (Å²) < 4.78 is 0. The third-order valence-electron chi connectivity index (χ3n) is 2.82. The monoisotopic (exact) mass is 226 g/mol. The Morgan fingerprint density at radius 2 is 2.60 bits per heavy atom. The minimum atomic E-state index is -0.846. The van der Waals surface area contributed by atoms with Crippen LogP contribution in [0, 0.1) is 0 Å². The number of hydrogen-bond donors (Lipinski definition) is 2. The van der Waals surface area contributed by atoms with Crippen molar-refractivity contribution in [2.45, 2.75) is 25.2 Å². The number of carbonyl (C=O) groups is 1. The Balaban J connectivity index is 2.15. The standard InChI is InChI=1S/C10H14N2O2S/c1-10(2-3-15-6-10)7-5-11-8(12-7)4-9(13)14/h5H,2-4,6H2,1H3,(H,11,12)(H,13,14). The Hall–Kier alpha value is -0.970. The fourth-order valence-corrected chi connectivity index (χ4v) is 3.27. The summed E-state index contributed by atoms with van der Waals surface area (Å²) >= 11 is 1.93. The number of carboxylic acid groups (broad SMARTS) is 1. The van der Waals surface area contributed by atoms with Crippen molar-refractivity contribution in [1.82, 2.24) is 9.97 Å². The van der Waals surface area contributed by atoms with E-state index in [2.05, 4.69) is 16.9 Å². The number of aliphatic carboxylic acids is 1. The summed E-state index contributed by atoms with van der Waals surface area (Å²) in [4.78, 5) is 17.7. The molecule has 1 aromatic heterocycles. The van der Waals surface area contributed by atoms with Crippen molar-refractivity contribution >= 4 is 17.7 Å². The lowest BCUT2D eigenvalue weighted by Gasteiger charge is -2.20. The predicted octanol–water partition coefficient (Wildman–Crippen LogP) is 1.43. The van der Waals surface area contributed by atoms with Gasteiger partial charge >= 0.3 is 5.97 Å². The van der Waals surface area contributed by atoms with Gasteiger partial charge in [0, 0.05) is 23.1 Å². The third kappa shape index (κ3) is 2.17. The maximum absolute atomic E-state index is 10.5. The van der Waals surface area contributed by atoms with Gasteiger partial charge in [-0.2, -0.15) is 11.8 Å². The fourth-order valence-electron chi connectivity index (χ4n) is 1.78. The molecule has 1 atom stereocenters. The van der Waals surface area contributed by atoms with Gasteiger partial charge in [0.25, 0.3) is 0 Å². The van der Waals surface area contributed by atoms with E-state index in [1.54, 1.807) is 6.20 Å². The maximum Gasteiger partial charge on any atom is 0.311 e. The maximum atomic E-state index is 10.5. The number of nitrogens with zero attached hydrogens (tertiary/aromatic N) is 1. The molecule has 1 saturated heterocycles. The quantitative estimate of drug-likeness (QED) is 0.818. The summed E-state index contributed by atoms with van der Waals surface area (Å²) in [6.07, 6.45) is 2.89. The fraction of sp³-hybridized carbons (Fsp3) is 0.600. The first-order valence-electron chi connectivity index (χ1n) is 4.94. The molecule has 1 aliphatic heterocycles. The molecule has 4 nitrogen and oxygen atoms in total. The van der Waals surface area contributed by atoms with Crippen molar-refractivity contribution in [3.8, 4) is 0 Å². The molecule has 0 amide bonds. The third-order valence-corrected chi connectivity index (χ3v) is 4.15. The Labute approximate surface area is 92.5 Å². The highest BCUT2D eigenvalue weighted by Gasteiger charge is 2.32. The van der Waals surface area contributed by atoms with Gasteiger partial charge in [-0.3, -0.25) is 4.79 Å². The molecule has 0 aliphatic carbocycles. The average molecular weight is 226 g/mol. The summed E-state index contributed by atoms with van der Waals surface area (Å²) in [7, 11) is 0. The van der Waals surface area contributed by atoms with Crippen LogP contribution in [-0.4, -0.2) is 32.5 Å². The molecule has 1 fully saturated rings. The molecule has 0 spiro atoms. The van der Waals surface area contributed by atoms with Crippen LogP contribution in [0.25, 0.3) is 0 Å². The molecule has 0 saturated carbocycles. The van der Waals surface area contributed by atoms with Gasteiger partial charge in [0.05, 0.1) is 0 Å². The van der Waals surface area contributed by atoms with Crippen molar-refractivity contribution in [3.05, 3.63) is 17.7 Å². The largest absolute Gasteiger partial charge is 0.481 e. The summed E-state index contributed by atoms with van der Waals surface area (Å²) in [5.41, 5.74) is 1.22. The first kappa shape index (κ1) is 10.5. The zero-order valence-electron chi connectivity index (χ0n) is 8.62. The van der Waals surface area contributed by atoms with Crippen LogP contribution in [0.1, 0.15) is 24.9 Å². The highest BCUT2D eigenvalue weighted by Crippen LogP contribution is 2.37. The van der Waals surface area contributed by atoms with E-state index in [9.17, 15) is 4.79 Å². The summed E-state index contributed by atoms with van der Waals surface area (Å²) in [6.45, 7) is 2.20. The minimum Gasteiger partial charge on any atom is -0.481 e. The second-order valence-electron chi connectivity index (χ2n) is 4.18. The number of carboxylic acids is 1. The van der Waals surface area contributed by atoms with Crippen molar-refractivity contribution in [2.75, 3.05) is 11.5 Å². The van der Waals surface area contributed by atoms with E-state index < -0.39 is 5.97 Å². The summed E-state index contributed by atoms with van der Waals surface area (Å²) in [6, 6.07) is 0. The molecule has 2 N–H and O–H groups in total. The number of hydrogen-bond acceptors (Lipinski definition) is 3. The topological polar surface area (TPSA) is 66.0 Å². The van der Waals surface area contributed by atoms with Crippen LogP contribution in [0.4, 0.5) is 0 Å². The van der Waals surface area contributed by atoms with Gasteiger partial charge in [-0.15, -0.1) is 0 Å². The molecule has 15 heavy (non-hydrogen) atoms. The van der Waals surface area contributed by atoms with Crippen LogP contribution in [0.3, 0.4) is 0 Å². The highest BCUT2D eigenvalue weighted by molar-refractivity contribution is 7.99. The normalized spacial score (nSPS) is 25.7. The summed E-state index contributed by atoms with van der Waals surface area (Å²) in [5.74, 6) is 1.96. The predicted molar refractivity (Wildman–Crippen MR) is 59.2 cm³/mol. The highest BCUT2D eigenvalue weighted by atomic mass is 32.2. The van der Waals surface area contributed by atoms with Gasteiger partial charge in [0.15, 0.2) is 0 Å². The number of thioether (sulfide) groups is 1. The van der Waals surface area contributed by atoms with Crippen LogP contribution in [0.2, 0.25) is 0 Å². The molecule has 5 heteroatoms. The lowest BCUT2D eigenvalue weighted by molar-refractivity contribution is -0.136. The average Bonchev–Trinajstić information content (AvgIpc) is 2.74. The first-order chi connectivity index (χ1) is 7.10. The Kier molecular flexibility index (Phi) is 2.73. The van der Waals surface area contributed by atoms with E-state index in [-0.39, 0.29) is 11.8 Å². The molecular weight excluding hydrogens is 212 g/mol. The number of rotatable bonds is 3. The number of H-pyrrole nitrogens is 1. The Bertz CT molecular complexity index is 369. The smallest absolute Gasteiger partial charge is 0.311 e. The van der Waals surface area contributed by atoms with Gasteiger partial charge in [0.2, 0.25) is 0 Å². The molecule has 1 aliphatic rings. The van der Waals surface area contributed by atoms with Crippen molar-refractivity contribution in [3.63, 3.8) is 0 Å². The molecule has 1 aromatic rings. The molecule has 0 aromatic carbocycles. The van der Waals surface area contributed by atoms with E-state index >= 15 is 0 Å². The van der Waals surface area contributed by atoms with E-state index in [1.165, 1.54) is 5.75 Å². The number of imidazole rings is 1. The van der Waals surface area contributed by atoms with Crippen LogP contribution in [0.5, 0.6) is 0 Å².